The van der Waals surface area contributed by atoms with Gasteiger partial charge in [-0.2, -0.15) is 10.2 Å². The van der Waals surface area contributed by atoms with Crippen molar-refractivity contribution in [2.45, 2.75) is 33.2 Å². The molecule has 0 bridgehead atoms. The quantitative estimate of drug-likeness (QED) is 0.511. The summed E-state index contributed by atoms with van der Waals surface area (Å²) in [5.41, 5.74) is 7.08. The highest BCUT2D eigenvalue weighted by molar-refractivity contribution is 6.09. The monoisotopic (exact) mass is 415 g/mol. The average molecular weight is 415 g/mol. The number of ether oxygens (including phenoxy) is 1. The molecule has 2 aromatic carbocycles. The van der Waals surface area contributed by atoms with E-state index in [0.717, 1.165) is 57.6 Å². The SMILES string of the molecule is Cc1cc2[nH]nc(-c3cnn(C4CCOC4)c3)c2cc1C(=O)Nc1c(C)cccc1C. The average Bonchev–Trinajstić information content (AvgIpc) is 3.49. The minimum atomic E-state index is -0.122. The van der Waals surface area contributed by atoms with E-state index in [1.165, 1.54) is 0 Å². The van der Waals surface area contributed by atoms with Crippen LogP contribution < -0.4 is 5.32 Å². The molecule has 5 rings (SSSR count). The number of fused-ring (bicyclic) bond motifs is 1. The summed E-state index contributed by atoms with van der Waals surface area (Å²) in [7, 11) is 0. The van der Waals surface area contributed by atoms with Crippen LogP contribution in [0.4, 0.5) is 5.69 Å². The van der Waals surface area contributed by atoms with Gasteiger partial charge in [-0.05, 0) is 56.0 Å². The zero-order chi connectivity index (χ0) is 21.5. The Hall–Kier alpha value is -3.45. The number of rotatable bonds is 4. The molecule has 0 spiro atoms. The van der Waals surface area contributed by atoms with Crippen LogP contribution in [0.3, 0.4) is 0 Å². The van der Waals surface area contributed by atoms with Crippen molar-refractivity contribution in [1.82, 2.24) is 20.0 Å². The number of aryl methyl sites for hydroxylation is 3. The van der Waals surface area contributed by atoms with E-state index in [1.54, 1.807) is 0 Å². The minimum Gasteiger partial charge on any atom is -0.379 e. The van der Waals surface area contributed by atoms with Crippen LogP contribution in [0.15, 0.2) is 42.7 Å². The molecule has 1 fully saturated rings. The number of carbonyl (C=O) groups excluding carboxylic acids is 1. The predicted molar refractivity (Wildman–Crippen MR) is 120 cm³/mol. The molecule has 158 valence electrons. The van der Waals surface area contributed by atoms with Gasteiger partial charge in [-0.25, -0.2) is 0 Å². The molecule has 7 heteroatoms. The molecule has 1 aliphatic heterocycles. The van der Waals surface area contributed by atoms with Gasteiger partial charge in [0.15, 0.2) is 0 Å². The topological polar surface area (TPSA) is 84.8 Å². The largest absolute Gasteiger partial charge is 0.379 e. The number of nitrogens with zero attached hydrogens (tertiary/aromatic N) is 3. The van der Waals surface area contributed by atoms with Crippen molar-refractivity contribution in [2.24, 2.45) is 0 Å². The second-order valence-corrected chi connectivity index (χ2v) is 8.23. The fourth-order valence-electron chi connectivity index (χ4n) is 4.22. The number of aromatic amines is 1. The standard InChI is InChI=1S/C24H25N5O2/c1-14-5-4-6-15(2)22(14)26-24(30)19-10-20-21(9-16(19)3)27-28-23(20)17-11-25-29(12-17)18-7-8-31-13-18/h4-6,9-12,18H,7-8,13H2,1-3H3,(H,26,30)(H,27,28). The number of carbonyl (C=O) groups is 1. The first-order valence-electron chi connectivity index (χ1n) is 10.5. The smallest absolute Gasteiger partial charge is 0.255 e. The molecule has 2 N–H and O–H groups in total. The van der Waals surface area contributed by atoms with Gasteiger partial charge in [-0.15, -0.1) is 0 Å². The van der Waals surface area contributed by atoms with Crippen molar-refractivity contribution in [3.05, 3.63) is 65.0 Å². The molecule has 2 aromatic heterocycles. The minimum absolute atomic E-state index is 0.122. The van der Waals surface area contributed by atoms with E-state index in [9.17, 15) is 4.79 Å². The fraction of sp³-hybridized carbons (Fsp3) is 0.292. The highest BCUT2D eigenvalue weighted by atomic mass is 16.5. The van der Waals surface area contributed by atoms with Crippen molar-refractivity contribution in [2.75, 3.05) is 18.5 Å². The third-order valence-corrected chi connectivity index (χ3v) is 6.03. The molecule has 0 aliphatic carbocycles. The number of H-pyrrole nitrogens is 1. The van der Waals surface area contributed by atoms with Crippen LogP contribution in [0.2, 0.25) is 0 Å². The first kappa shape index (κ1) is 19.5. The Balaban J connectivity index is 1.50. The molecule has 1 atom stereocenters. The maximum absolute atomic E-state index is 13.2. The van der Waals surface area contributed by atoms with Crippen molar-refractivity contribution in [3.63, 3.8) is 0 Å². The lowest BCUT2D eigenvalue weighted by Gasteiger charge is -2.13. The van der Waals surface area contributed by atoms with Crippen LogP contribution in [-0.2, 0) is 4.74 Å². The van der Waals surface area contributed by atoms with E-state index in [0.29, 0.717) is 12.2 Å². The lowest BCUT2D eigenvalue weighted by atomic mass is 10.0. The summed E-state index contributed by atoms with van der Waals surface area (Å²) in [5, 5.41) is 16.1. The summed E-state index contributed by atoms with van der Waals surface area (Å²) in [6.07, 6.45) is 4.79. The van der Waals surface area contributed by atoms with E-state index in [2.05, 4.69) is 20.6 Å². The maximum Gasteiger partial charge on any atom is 0.255 e. The molecule has 1 unspecified atom stereocenters. The molecule has 4 aromatic rings. The number of aromatic nitrogens is 4. The van der Waals surface area contributed by atoms with Crippen LogP contribution in [-0.4, -0.2) is 39.1 Å². The van der Waals surface area contributed by atoms with E-state index in [1.807, 2.05) is 68.2 Å². The molecule has 1 aliphatic rings. The zero-order valence-electron chi connectivity index (χ0n) is 17.9. The third kappa shape index (κ3) is 3.51. The van der Waals surface area contributed by atoms with Gasteiger partial charge in [0, 0.05) is 35.0 Å². The first-order chi connectivity index (χ1) is 15.0. The lowest BCUT2D eigenvalue weighted by Crippen LogP contribution is -2.15. The number of nitrogens with one attached hydrogen (secondary N) is 2. The van der Waals surface area contributed by atoms with Gasteiger partial charge in [0.1, 0.15) is 5.69 Å². The number of amides is 1. The van der Waals surface area contributed by atoms with Crippen LogP contribution in [0.25, 0.3) is 22.2 Å². The molecule has 0 radical (unpaired) electrons. The van der Waals surface area contributed by atoms with Gasteiger partial charge in [0.2, 0.25) is 0 Å². The Morgan fingerprint density at radius 1 is 1.19 bits per heavy atom. The number of hydrogen-bond acceptors (Lipinski definition) is 4. The zero-order valence-corrected chi connectivity index (χ0v) is 17.9. The molecular weight excluding hydrogens is 390 g/mol. The number of benzene rings is 2. The third-order valence-electron chi connectivity index (χ3n) is 6.03. The van der Waals surface area contributed by atoms with Gasteiger partial charge in [-0.1, -0.05) is 18.2 Å². The second kappa shape index (κ2) is 7.67. The van der Waals surface area contributed by atoms with Crippen molar-refractivity contribution >= 4 is 22.5 Å². The molecule has 7 nitrogen and oxygen atoms in total. The maximum atomic E-state index is 13.2. The van der Waals surface area contributed by atoms with E-state index in [4.69, 9.17) is 4.74 Å². The summed E-state index contributed by atoms with van der Waals surface area (Å²) in [6.45, 7) is 7.39. The van der Waals surface area contributed by atoms with E-state index in [-0.39, 0.29) is 11.9 Å². The van der Waals surface area contributed by atoms with Gasteiger partial charge in [0.05, 0.1) is 24.4 Å². The fourth-order valence-corrected chi connectivity index (χ4v) is 4.22. The van der Waals surface area contributed by atoms with Gasteiger partial charge < -0.3 is 10.1 Å². The Kier molecular flexibility index (Phi) is 4.82. The van der Waals surface area contributed by atoms with Crippen molar-refractivity contribution < 1.29 is 9.53 Å². The highest BCUT2D eigenvalue weighted by Crippen LogP contribution is 2.30. The summed E-state index contributed by atoms with van der Waals surface area (Å²) >= 11 is 0. The molecule has 0 saturated carbocycles. The van der Waals surface area contributed by atoms with Crippen molar-refractivity contribution in [1.29, 1.82) is 0 Å². The number of hydrogen-bond donors (Lipinski definition) is 2. The second-order valence-electron chi connectivity index (χ2n) is 8.23. The normalized spacial score (nSPS) is 16.2. The molecular formula is C24H25N5O2. The molecule has 1 amide bonds. The van der Waals surface area contributed by atoms with Crippen LogP contribution >= 0.6 is 0 Å². The van der Waals surface area contributed by atoms with E-state index >= 15 is 0 Å². The summed E-state index contributed by atoms with van der Waals surface area (Å²) < 4.78 is 7.43. The Morgan fingerprint density at radius 2 is 2.00 bits per heavy atom. The summed E-state index contributed by atoms with van der Waals surface area (Å²) in [5.74, 6) is -0.122. The summed E-state index contributed by atoms with van der Waals surface area (Å²) in [6, 6.07) is 10.1. The summed E-state index contributed by atoms with van der Waals surface area (Å²) in [4.78, 5) is 13.2. The van der Waals surface area contributed by atoms with Crippen LogP contribution in [0.5, 0.6) is 0 Å². The Morgan fingerprint density at radius 3 is 2.74 bits per heavy atom. The Bertz CT molecular complexity index is 1260. The van der Waals surface area contributed by atoms with E-state index < -0.39 is 0 Å². The number of anilines is 1. The Labute approximate surface area is 180 Å². The van der Waals surface area contributed by atoms with Gasteiger partial charge >= 0.3 is 0 Å². The van der Waals surface area contributed by atoms with Gasteiger partial charge in [0.25, 0.3) is 5.91 Å². The molecule has 3 heterocycles. The van der Waals surface area contributed by atoms with Crippen molar-refractivity contribution in [3.8, 4) is 11.3 Å². The lowest BCUT2D eigenvalue weighted by molar-refractivity contribution is 0.102. The molecule has 31 heavy (non-hydrogen) atoms. The highest BCUT2D eigenvalue weighted by Gasteiger charge is 2.21. The predicted octanol–water partition coefficient (Wildman–Crippen LogP) is 4.57. The van der Waals surface area contributed by atoms with Crippen LogP contribution in [0, 0.1) is 20.8 Å². The van der Waals surface area contributed by atoms with Crippen LogP contribution in [0.1, 0.15) is 39.5 Å². The first-order valence-corrected chi connectivity index (χ1v) is 10.5. The number of para-hydroxylation sites is 1. The van der Waals surface area contributed by atoms with Gasteiger partial charge in [-0.3, -0.25) is 14.6 Å². The molecule has 1 saturated heterocycles.